The lowest BCUT2D eigenvalue weighted by Crippen LogP contribution is -2.09. The van der Waals surface area contributed by atoms with Crippen molar-refractivity contribution in [3.63, 3.8) is 0 Å². The van der Waals surface area contributed by atoms with Crippen molar-refractivity contribution in [3.05, 3.63) is 101 Å². The molecule has 3 aromatic carbocycles. The van der Waals surface area contributed by atoms with E-state index < -0.39 is 0 Å². The fourth-order valence-electron chi connectivity index (χ4n) is 2.85. The fraction of sp³-hybridized carbons (Fsp3) is 0. The second-order valence-electron chi connectivity index (χ2n) is 6.24. The molecule has 1 aromatic heterocycles. The van der Waals surface area contributed by atoms with Crippen LogP contribution in [-0.4, -0.2) is 15.9 Å². The predicted octanol–water partition coefficient (Wildman–Crippen LogP) is 4.24. The molecule has 28 heavy (non-hydrogen) atoms. The van der Waals surface area contributed by atoms with Gasteiger partial charge in [0.05, 0.1) is 10.9 Å². The number of nitrogens with one attached hydrogen (secondary N) is 2. The van der Waals surface area contributed by atoms with Crippen LogP contribution in [0.25, 0.3) is 28.4 Å². The van der Waals surface area contributed by atoms with Gasteiger partial charge in [-0.1, -0.05) is 42.5 Å². The summed E-state index contributed by atoms with van der Waals surface area (Å²) < 4.78 is 0. The smallest absolute Gasteiger partial charge is 0.259 e. The van der Waals surface area contributed by atoms with Gasteiger partial charge in [-0.2, -0.15) is 0 Å². The topological polar surface area (TPSA) is 74.8 Å². The number of H-pyrrole nitrogens is 1. The van der Waals surface area contributed by atoms with Crippen LogP contribution in [0.4, 0.5) is 5.69 Å². The van der Waals surface area contributed by atoms with Crippen molar-refractivity contribution in [1.29, 1.82) is 0 Å². The van der Waals surface area contributed by atoms with Crippen molar-refractivity contribution >= 4 is 28.6 Å². The standard InChI is InChI=1S/C23H17N3O2/c27-21(15-10-16-6-2-1-3-7-16)24-18-13-11-17(12-14-18)22-25-20-9-5-4-8-19(20)23(28)26-22/h1-15H,(H,24,27)(H,25,26,28)/b15-10+. The molecule has 0 aliphatic carbocycles. The van der Waals surface area contributed by atoms with Crippen molar-refractivity contribution < 1.29 is 4.79 Å². The summed E-state index contributed by atoms with van der Waals surface area (Å²) in [5.41, 5.74) is 2.85. The van der Waals surface area contributed by atoms with E-state index >= 15 is 0 Å². The van der Waals surface area contributed by atoms with E-state index in [2.05, 4.69) is 15.3 Å². The largest absolute Gasteiger partial charge is 0.323 e. The molecule has 0 aliphatic heterocycles. The summed E-state index contributed by atoms with van der Waals surface area (Å²) in [6.07, 6.45) is 3.25. The molecule has 0 unspecified atom stereocenters. The van der Waals surface area contributed by atoms with Gasteiger partial charge in [-0.25, -0.2) is 4.98 Å². The molecule has 0 radical (unpaired) electrons. The average molecular weight is 367 g/mol. The maximum Gasteiger partial charge on any atom is 0.259 e. The number of anilines is 1. The molecule has 5 heteroatoms. The molecule has 0 atom stereocenters. The lowest BCUT2D eigenvalue weighted by atomic mass is 10.1. The Balaban J connectivity index is 1.50. The lowest BCUT2D eigenvalue weighted by Gasteiger charge is -2.06. The maximum atomic E-state index is 12.2. The molecular formula is C23H17N3O2. The van der Waals surface area contributed by atoms with Gasteiger partial charge in [0, 0.05) is 17.3 Å². The highest BCUT2D eigenvalue weighted by Gasteiger charge is 2.06. The third kappa shape index (κ3) is 3.88. The highest BCUT2D eigenvalue weighted by atomic mass is 16.1. The molecule has 4 aromatic rings. The minimum absolute atomic E-state index is 0.177. The molecule has 0 fully saturated rings. The van der Waals surface area contributed by atoms with Gasteiger partial charge < -0.3 is 10.3 Å². The second-order valence-corrected chi connectivity index (χ2v) is 6.24. The Morgan fingerprint density at radius 1 is 0.893 bits per heavy atom. The van der Waals surface area contributed by atoms with Crippen LogP contribution in [0.15, 0.2) is 89.7 Å². The van der Waals surface area contributed by atoms with Crippen molar-refractivity contribution in [2.45, 2.75) is 0 Å². The number of rotatable bonds is 4. The van der Waals surface area contributed by atoms with Crippen LogP contribution in [0.3, 0.4) is 0 Å². The lowest BCUT2D eigenvalue weighted by molar-refractivity contribution is -0.111. The molecule has 0 saturated carbocycles. The molecule has 2 N–H and O–H groups in total. The number of carbonyl (C=O) groups excluding carboxylic acids is 1. The summed E-state index contributed by atoms with van der Waals surface area (Å²) >= 11 is 0. The van der Waals surface area contributed by atoms with E-state index in [1.165, 1.54) is 6.08 Å². The van der Waals surface area contributed by atoms with Gasteiger partial charge in [0.1, 0.15) is 5.82 Å². The van der Waals surface area contributed by atoms with Crippen molar-refractivity contribution in [2.24, 2.45) is 0 Å². The quantitative estimate of drug-likeness (QED) is 0.530. The zero-order valence-electron chi connectivity index (χ0n) is 14.9. The van der Waals surface area contributed by atoms with Crippen LogP contribution in [0, 0.1) is 0 Å². The van der Waals surface area contributed by atoms with E-state index in [1.54, 1.807) is 24.3 Å². The van der Waals surface area contributed by atoms with E-state index in [4.69, 9.17) is 0 Å². The number of aromatic nitrogens is 2. The van der Waals surface area contributed by atoms with Crippen LogP contribution in [0.2, 0.25) is 0 Å². The number of amides is 1. The third-order valence-electron chi connectivity index (χ3n) is 4.27. The molecule has 1 heterocycles. The zero-order chi connectivity index (χ0) is 19.3. The Morgan fingerprint density at radius 3 is 2.39 bits per heavy atom. The minimum Gasteiger partial charge on any atom is -0.323 e. The van der Waals surface area contributed by atoms with Crippen LogP contribution >= 0.6 is 0 Å². The van der Waals surface area contributed by atoms with Gasteiger partial charge >= 0.3 is 0 Å². The van der Waals surface area contributed by atoms with Crippen LogP contribution in [0.1, 0.15) is 5.56 Å². The summed E-state index contributed by atoms with van der Waals surface area (Å²) in [4.78, 5) is 31.6. The normalized spacial score (nSPS) is 11.0. The fourth-order valence-corrected chi connectivity index (χ4v) is 2.85. The number of hydrogen-bond acceptors (Lipinski definition) is 3. The van der Waals surface area contributed by atoms with Crippen molar-refractivity contribution in [1.82, 2.24) is 9.97 Å². The Morgan fingerprint density at radius 2 is 1.61 bits per heavy atom. The first-order valence-electron chi connectivity index (χ1n) is 8.83. The number of fused-ring (bicyclic) bond motifs is 1. The molecule has 0 aliphatic rings. The molecule has 0 saturated heterocycles. The Labute approximate surface area is 161 Å². The highest BCUT2D eigenvalue weighted by Crippen LogP contribution is 2.19. The Bertz CT molecular complexity index is 1210. The van der Waals surface area contributed by atoms with Crippen molar-refractivity contribution in [3.8, 4) is 11.4 Å². The molecule has 136 valence electrons. The van der Waals surface area contributed by atoms with E-state index in [1.807, 2.05) is 60.7 Å². The molecule has 0 spiro atoms. The third-order valence-corrected chi connectivity index (χ3v) is 4.27. The summed E-state index contributed by atoms with van der Waals surface area (Å²) in [6, 6.07) is 24.0. The first kappa shape index (κ1) is 17.4. The molecular weight excluding hydrogens is 350 g/mol. The van der Waals surface area contributed by atoms with Crippen LogP contribution in [-0.2, 0) is 4.79 Å². The van der Waals surface area contributed by atoms with Crippen LogP contribution in [0.5, 0.6) is 0 Å². The van der Waals surface area contributed by atoms with Gasteiger partial charge in [-0.05, 0) is 48.0 Å². The number of aromatic amines is 1. The summed E-state index contributed by atoms with van der Waals surface area (Å²) in [7, 11) is 0. The monoisotopic (exact) mass is 367 g/mol. The predicted molar refractivity (Wildman–Crippen MR) is 112 cm³/mol. The minimum atomic E-state index is -0.214. The van der Waals surface area contributed by atoms with E-state index in [9.17, 15) is 9.59 Å². The number of carbonyl (C=O) groups is 1. The van der Waals surface area contributed by atoms with Gasteiger partial charge in [0.25, 0.3) is 5.56 Å². The van der Waals surface area contributed by atoms with E-state index in [-0.39, 0.29) is 11.5 Å². The van der Waals surface area contributed by atoms with E-state index in [0.717, 1.165) is 11.1 Å². The number of hydrogen-bond donors (Lipinski definition) is 2. The zero-order valence-corrected chi connectivity index (χ0v) is 14.9. The molecule has 0 bridgehead atoms. The van der Waals surface area contributed by atoms with Crippen LogP contribution < -0.4 is 10.9 Å². The van der Waals surface area contributed by atoms with E-state index in [0.29, 0.717) is 22.4 Å². The Kier molecular flexibility index (Phi) is 4.80. The van der Waals surface area contributed by atoms with Gasteiger partial charge in [-0.15, -0.1) is 0 Å². The van der Waals surface area contributed by atoms with Crippen molar-refractivity contribution in [2.75, 3.05) is 5.32 Å². The summed E-state index contributed by atoms with van der Waals surface area (Å²) in [6.45, 7) is 0. The summed E-state index contributed by atoms with van der Waals surface area (Å²) in [5, 5.41) is 3.37. The molecule has 1 amide bonds. The summed E-state index contributed by atoms with van der Waals surface area (Å²) in [5.74, 6) is 0.277. The Hall–Kier alpha value is -3.99. The number of nitrogens with zero attached hydrogens (tertiary/aromatic N) is 1. The second kappa shape index (κ2) is 7.72. The maximum absolute atomic E-state index is 12.2. The number of para-hydroxylation sites is 1. The average Bonchev–Trinajstić information content (AvgIpc) is 2.73. The van der Waals surface area contributed by atoms with Gasteiger partial charge in [0.15, 0.2) is 0 Å². The molecule has 4 rings (SSSR count). The highest BCUT2D eigenvalue weighted by molar-refractivity contribution is 6.02. The first-order chi connectivity index (χ1) is 13.7. The SMILES string of the molecule is O=C(/C=C/c1ccccc1)Nc1ccc(-c2nc3ccccc3c(=O)[nH]2)cc1. The van der Waals surface area contributed by atoms with Gasteiger partial charge in [-0.3, -0.25) is 9.59 Å². The number of benzene rings is 3. The molecule has 5 nitrogen and oxygen atoms in total. The first-order valence-corrected chi connectivity index (χ1v) is 8.83. The van der Waals surface area contributed by atoms with Gasteiger partial charge in [0.2, 0.25) is 5.91 Å².